The topological polar surface area (TPSA) is 58.6 Å². The molecule has 1 N–H and O–H groups in total. The normalized spacial score (nSPS) is 15.2. The van der Waals surface area contributed by atoms with Crippen molar-refractivity contribution in [3.8, 4) is 5.75 Å². The van der Waals surface area contributed by atoms with Gasteiger partial charge in [0.05, 0.1) is 0 Å². The maximum absolute atomic E-state index is 12.2. The Morgan fingerprint density at radius 2 is 1.88 bits per heavy atom. The van der Waals surface area contributed by atoms with Crippen molar-refractivity contribution in [2.45, 2.75) is 39.5 Å². The van der Waals surface area contributed by atoms with Crippen molar-refractivity contribution >= 4 is 11.8 Å². The molecule has 1 aliphatic rings. The molecule has 0 spiro atoms. The Kier molecular flexibility index (Phi) is 7.09. The van der Waals surface area contributed by atoms with Crippen molar-refractivity contribution in [1.29, 1.82) is 0 Å². The zero-order chi connectivity index (χ0) is 17.4. The van der Waals surface area contributed by atoms with Gasteiger partial charge in [0, 0.05) is 25.6 Å². The van der Waals surface area contributed by atoms with Crippen LogP contribution in [0.25, 0.3) is 0 Å². The van der Waals surface area contributed by atoms with Gasteiger partial charge in [0.2, 0.25) is 5.91 Å². The SMILES string of the molecule is CCCCNC(=O)C1CCN(C(=O)COc2ccc(C)cc2)CC1. The molecule has 0 atom stereocenters. The van der Waals surface area contributed by atoms with Crippen molar-refractivity contribution in [2.75, 3.05) is 26.2 Å². The zero-order valence-corrected chi connectivity index (χ0v) is 14.7. The number of benzene rings is 1. The van der Waals surface area contributed by atoms with Crippen LogP contribution in [0, 0.1) is 12.8 Å². The number of hydrogen-bond donors (Lipinski definition) is 1. The fourth-order valence-electron chi connectivity index (χ4n) is 2.79. The second-order valence-corrected chi connectivity index (χ2v) is 6.40. The molecular formula is C19H28N2O3. The molecule has 2 amide bonds. The second kappa shape index (κ2) is 9.30. The third-order valence-corrected chi connectivity index (χ3v) is 4.43. The molecule has 5 nitrogen and oxygen atoms in total. The molecule has 0 radical (unpaired) electrons. The lowest BCUT2D eigenvalue weighted by Crippen LogP contribution is -2.44. The molecule has 2 rings (SSSR count). The van der Waals surface area contributed by atoms with Gasteiger partial charge in [-0.15, -0.1) is 0 Å². The number of carbonyl (C=O) groups excluding carboxylic acids is 2. The number of amides is 2. The van der Waals surface area contributed by atoms with Crippen LogP contribution in [0.2, 0.25) is 0 Å². The largest absolute Gasteiger partial charge is 0.484 e. The van der Waals surface area contributed by atoms with Crippen LogP contribution >= 0.6 is 0 Å². The van der Waals surface area contributed by atoms with Crippen molar-refractivity contribution in [3.05, 3.63) is 29.8 Å². The number of unbranched alkanes of at least 4 members (excludes halogenated alkanes) is 1. The lowest BCUT2D eigenvalue weighted by molar-refractivity contribution is -0.137. The number of hydrogen-bond acceptors (Lipinski definition) is 3. The summed E-state index contributed by atoms with van der Waals surface area (Å²) in [5, 5.41) is 2.98. The highest BCUT2D eigenvalue weighted by Crippen LogP contribution is 2.18. The molecule has 0 aromatic heterocycles. The second-order valence-electron chi connectivity index (χ2n) is 6.40. The van der Waals surface area contributed by atoms with E-state index in [2.05, 4.69) is 12.2 Å². The van der Waals surface area contributed by atoms with Crippen molar-refractivity contribution in [2.24, 2.45) is 5.92 Å². The van der Waals surface area contributed by atoms with Gasteiger partial charge in [0.25, 0.3) is 5.91 Å². The van der Waals surface area contributed by atoms with Gasteiger partial charge in [-0.05, 0) is 38.3 Å². The van der Waals surface area contributed by atoms with Gasteiger partial charge < -0.3 is 15.0 Å². The van der Waals surface area contributed by atoms with Gasteiger partial charge in [-0.3, -0.25) is 9.59 Å². The first-order valence-electron chi connectivity index (χ1n) is 8.85. The molecule has 0 bridgehead atoms. The average molecular weight is 332 g/mol. The standard InChI is InChI=1S/C19H28N2O3/c1-3-4-11-20-19(23)16-9-12-21(13-10-16)18(22)14-24-17-7-5-15(2)6-8-17/h5-8,16H,3-4,9-14H2,1-2H3,(H,20,23). The number of likely N-dealkylation sites (tertiary alicyclic amines) is 1. The Hall–Kier alpha value is -2.04. The monoisotopic (exact) mass is 332 g/mol. The summed E-state index contributed by atoms with van der Waals surface area (Å²) < 4.78 is 5.55. The first-order chi connectivity index (χ1) is 11.6. The maximum atomic E-state index is 12.2. The van der Waals surface area contributed by atoms with Gasteiger partial charge >= 0.3 is 0 Å². The van der Waals surface area contributed by atoms with Gasteiger partial charge in [0.15, 0.2) is 6.61 Å². The van der Waals surface area contributed by atoms with Crippen LogP contribution in [0.5, 0.6) is 5.75 Å². The summed E-state index contributed by atoms with van der Waals surface area (Å²) in [7, 11) is 0. The summed E-state index contributed by atoms with van der Waals surface area (Å²) in [6, 6.07) is 7.66. The van der Waals surface area contributed by atoms with E-state index in [1.165, 1.54) is 0 Å². The fourth-order valence-corrected chi connectivity index (χ4v) is 2.79. The Morgan fingerprint density at radius 3 is 2.50 bits per heavy atom. The van der Waals surface area contributed by atoms with E-state index >= 15 is 0 Å². The molecule has 0 saturated carbocycles. The number of carbonyl (C=O) groups is 2. The highest BCUT2D eigenvalue weighted by atomic mass is 16.5. The summed E-state index contributed by atoms with van der Waals surface area (Å²) in [6.45, 7) is 6.17. The number of piperidine rings is 1. The van der Waals surface area contributed by atoms with Crippen LogP contribution in [0.4, 0.5) is 0 Å². The van der Waals surface area contributed by atoms with Crippen molar-refractivity contribution in [3.63, 3.8) is 0 Å². The predicted octanol–water partition coefficient (Wildman–Crippen LogP) is 2.53. The van der Waals surface area contributed by atoms with E-state index in [-0.39, 0.29) is 24.3 Å². The number of nitrogens with zero attached hydrogens (tertiary/aromatic N) is 1. The molecular weight excluding hydrogens is 304 g/mol. The highest BCUT2D eigenvalue weighted by Gasteiger charge is 2.27. The van der Waals surface area contributed by atoms with Crippen molar-refractivity contribution in [1.82, 2.24) is 10.2 Å². The van der Waals surface area contributed by atoms with E-state index in [4.69, 9.17) is 4.74 Å². The summed E-state index contributed by atoms with van der Waals surface area (Å²) in [5.74, 6) is 0.856. The Labute approximate surface area is 144 Å². The lowest BCUT2D eigenvalue weighted by Gasteiger charge is -2.31. The average Bonchev–Trinajstić information content (AvgIpc) is 2.61. The zero-order valence-electron chi connectivity index (χ0n) is 14.7. The first-order valence-corrected chi connectivity index (χ1v) is 8.85. The number of rotatable bonds is 7. The third-order valence-electron chi connectivity index (χ3n) is 4.43. The van der Waals surface area contributed by atoms with E-state index in [0.29, 0.717) is 18.8 Å². The van der Waals surface area contributed by atoms with Crippen LogP contribution in [-0.2, 0) is 9.59 Å². The molecule has 132 valence electrons. The number of nitrogens with one attached hydrogen (secondary N) is 1. The van der Waals surface area contributed by atoms with E-state index < -0.39 is 0 Å². The molecule has 1 heterocycles. The molecule has 0 unspecified atom stereocenters. The van der Waals surface area contributed by atoms with Gasteiger partial charge in [-0.25, -0.2) is 0 Å². The van der Waals surface area contributed by atoms with Gasteiger partial charge in [0.1, 0.15) is 5.75 Å². The Bertz CT molecular complexity index is 534. The molecule has 24 heavy (non-hydrogen) atoms. The summed E-state index contributed by atoms with van der Waals surface area (Å²) >= 11 is 0. The lowest BCUT2D eigenvalue weighted by atomic mass is 9.96. The molecule has 1 aromatic rings. The first kappa shape index (κ1) is 18.3. The summed E-state index contributed by atoms with van der Waals surface area (Å²) in [6.07, 6.45) is 3.55. The van der Waals surface area contributed by atoms with E-state index in [9.17, 15) is 9.59 Å². The van der Waals surface area contributed by atoms with Crippen LogP contribution in [0.1, 0.15) is 38.2 Å². The van der Waals surface area contributed by atoms with E-state index in [1.54, 1.807) is 4.90 Å². The van der Waals surface area contributed by atoms with Crippen LogP contribution in [0.15, 0.2) is 24.3 Å². The minimum atomic E-state index is -0.0135. The molecule has 1 aliphatic heterocycles. The van der Waals surface area contributed by atoms with Crippen LogP contribution in [0.3, 0.4) is 0 Å². The van der Waals surface area contributed by atoms with Crippen molar-refractivity contribution < 1.29 is 14.3 Å². The summed E-state index contributed by atoms with van der Waals surface area (Å²) in [5.41, 5.74) is 1.16. The molecule has 1 aromatic carbocycles. The van der Waals surface area contributed by atoms with Gasteiger partial charge in [-0.2, -0.15) is 0 Å². The van der Waals surface area contributed by atoms with Gasteiger partial charge in [-0.1, -0.05) is 31.0 Å². The fraction of sp³-hybridized carbons (Fsp3) is 0.579. The number of aryl methyl sites for hydroxylation is 1. The predicted molar refractivity (Wildman–Crippen MR) is 93.9 cm³/mol. The Morgan fingerprint density at radius 1 is 1.21 bits per heavy atom. The smallest absolute Gasteiger partial charge is 0.260 e. The van der Waals surface area contributed by atoms with E-state index in [0.717, 1.165) is 37.8 Å². The molecule has 5 heteroatoms. The molecule has 1 saturated heterocycles. The van der Waals surface area contributed by atoms with Crippen LogP contribution < -0.4 is 10.1 Å². The maximum Gasteiger partial charge on any atom is 0.260 e. The van der Waals surface area contributed by atoms with E-state index in [1.807, 2.05) is 31.2 Å². The minimum Gasteiger partial charge on any atom is -0.484 e. The minimum absolute atomic E-state index is 0.0135. The third kappa shape index (κ3) is 5.55. The number of ether oxygens (including phenoxy) is 1. The Balaban J connectivity index is 1.70. The highest BCUT2D eigenvalue weighted by molar-refractivity contribution is 5.80. The molecule has 1 fully saturated rings. The quantitative estimate of drug-likeness (QED) is 0.781. The molecule has 0 aliphatic carbocycles. The van der Waals surface area contributed by atoms with Crippen LogP contribution in [-0.4, -0.2) is 43.0 Å². The summed E-state index contributed by atoms with van der Waals surface area (Å²) in [4.78, 5) is 26.1.